The molecule has 132 valence electrons. The molecule has 2 aromatic rings. The van der Waals surface area contributed by atoms with Crippen molar-refractivity contribution in [2.45, 2.75) is 39.7 Å². The molecule has 0 bridgehead atoms. The van der Waals surface area contributed by atoms with Gasteiger partial charge in [-0.15, -0.1) is 0 Å². The van der Waals surface area contributed by atoms with Crippen molar-refractivity contribution in [1.82, 2.24) is 5.32 Å². The third kappa shape index (κ3) is 5.35. The molecule has 0 atom stereocenters. The van der Waals surface area contributed by atoms with Gasteiger partial charge < -0.3 is 16.4 Å². The van der Waals surface area contributed by atoms with Crippen LogP contribution in [0.5, 0.6) is 0 Å². The van der Waals surface area contributed by atoms with Crippen LogP contribution in [-0.4, -0.2) is 17.9 Å². The van der Waals surface area contributed by atoms with E-state index >= 15 is 0 Å². The van der Waals surface area contributed by atoms with Crippen LogP contribution in [0.25, 0.3) is 0 Å². The first-order valence-corrected chi connectivity index (χ1v) is 8.41. The lowest BCUT2D eigenvalue weighted by atomic mass is 10.1. The predicted octanol–water partition coefficient (Wildman–Crippen LogP) is 3.29. The number of carbonyl (C=O) groups is 2. The fraction of sp³-hybridized carbons (Fsp3) is 0.300. The lowest BCUT2D eigenvalue weighted by Gasteiger charge is -2.13. The largest absolute Gasteiger partial charge is 0.399 e. The van der Waals surface area contributed by atoms with Crippen LogP contribution in [0, 0.1) is 6.92 Å². The molecule has 25 heavy (non-hydrogen) atoms. The zero-order chi connectivity index (χ0) is 18.4. The topological polar surface area (TPSA) is 84.2 Å². The van der Waals surface area contributed by atoms with Crippen molar-refractivity contribution in [2.75, 3.05) is 11.1 Å². The van der Waals surface area contributed by atoms with Crippen LogP contribution >= 0.6 is 0 Å². The molecular weight excluding hydrogens is 314 g/mol. The van der Waals surface area contributed by atoms with Crippen LogP contribution < -0.4 is 16.4 Å². The van der Waals surface area contributed by atoms with Crippen molar-refractivity contribution < 1.29 is 9.59 Å². The zero-order valence-corrected chi connectivity index (χ0v) is 14.9. The van der Waals surface area contributed by atoms with Gasteiger partial charge >= 0.3 is 0 Å². The van der Waals surface area contributed by atoms with Crippen LogP contribution in [0.3, 0.4) is 0 Å². The van der Waals surface area contributed by atoms with Crippen molar-refractivity contribution >= 4 is 23.2 Å². The number of para-hydroxylation sites is 1. The van der Waals surface area contributed by atoms with Gasteiger partial charge in [-0.1, -0.05) is 24.3 Å². The molecule has 5 heteroatoms. The first-order chi connectivity index (χ1) is 11.9. The minimum absolute atomic E-state index is 0.0569. The van der Waals surface area contributed by atoms with Gasteiger partial charge in [-0.25, -0.2) is 0 Å². The van der Waals surface area contributed by atoms with Gasteiger partial charge in [0.1, 0.15) is 0 Å². The Bertz CT molecular complexity index is 769. The van der Waals surface area contributed by atoms with E-state index in [2.05, 4.69) is 10.6 Å². The number of nitrogen functional groups attached to an aromatic ring is 1. The van der Waals surface area contributed by atoms with Crippen molar-refractivity contribution in [3.05, 3.63) is 59.2 Å². The molecule has 0 radical (unpaired) electrons. The Hall–Kier alpha value is -2.82. The summed E-state index contributed by atoms with van der Waals surface area (Å²) < 4.78 is 0. The second-order valence-electron chi connectivity index (χ2n) is 6.40. The van der Waals surface area contributed by atoms with Crippen LogP contribution in [-0.2, 0) is 11.2 Å². The molecule has 0 saturated carbocycles. The third-order valence-corrected chi connectivity index (χ3v) is 3.86. The number of hydrogen-bond acceptors (Lipinski definition) is 3. The Balaban J connectivity index is 2.01. The van der Waals surface area contributed by atoms with E-state index in [1.165, 1.54) is 0 Å². The van der Waals surface area contributed by atoms with E-state index in [9.17, 15) is 9.59 Å². The van der Waals surface area contributed by atoms with Gasteiger partial charge in [0.2, 0.25) is 5.91 Å². The zero-order valence-electron chi connectivity index (χ0n) is 14.9. The molecule has 0 fully saturated rings. The summed E-state index contributed by atoms with van der Waals surface area (Å²) in [5, 5.41) is 5.72. The van der Waals surface area contributed by atoms with Crippen LogP contribution in [0.15, 0.2) is 42.5 Å². The number of aryl methyl sites for hydroxylation is 2. The molecular formula is C20H25N3O2. The van der Waals surface area contributed by atoms with E-state index in [1.54, 1.807) is 12.1 Å². The molecule has 2 aromatic carbocycles. The summed E-state index contributed by atoms with van der Waals surface area (Å²) in [6, 6.07) is 12.9. The summed E-state index contributed by atoms with van der Waals surface area (Å²) in [6.45, 7) is 5.70. The molecule has 0 spiro atoms. The van der Waals surface area contributed by atoms with Crippen molar-refractivity contribution in [2.24, 2.45) is 0 Å². The van der Waals surface area contributed by atoms with Gasteiger partial charge in [0, 0.05) is 29.4 Å². The summed E-state index contributed by atoms with van der Waals surface area (Å²) in [7, 11) is 0. The molecule has 5 nitrogen and oxygen atoms in total. The monoisotopic (exact) mass is 339 g/mol. The van der Waals surface area contributed by atoms with E-state index in [-0.39, 0.29) is 17.9 Å². The molecule has 0 unspecified atom stereocenters. The van der Waals surface area contributed by atoms with Gasteiger partial charge in [-0.2, -0.15) is 0 Å². The smallest absolute Gasteiger partial charge is 0.251 e. The number of carbonyl (C=O) groups excluding carboxylic acids is 2. The van der Waals surface area contributed by atoms with Crippen LogP contribution in [0.1, 0.15) is 41.8 Å². The lowest BCUT2D eigenvalue weighted by molar-refractivity contribution is -0.116. The number of nitrogens with one attached hydrogen (secondary N) is 2. The fourth-order valence-corrected chi connectivity index (χ4v) is 2.52. The van der Waals surface area contributed by atoms with E-state index in [1.807, 2.05) is 51.1 Å². The molecule has 0 aliphatic carbocycles. The summed E-state index contributed by atoms with van der Waals surface area (Å²) in [5.74, 6) is -0.247. The lowest BCUT2D eigenvalue weighted by Crippen LogP contribution is -2.30. The Morgan fingerprint density at radius 3 is 2.52 bits per heavy atom. The Morgan fingerprint density at radius 2 is 1.84 bits per heavy atom. The summed E-state index contributed by atoms with van der Waals surface area (Å²) >= 11 is 0. The van der Waals surface area contributed by atoms with Crippen LogP contribution in [0.2, 0.25) is 0 Å². The van der Waals surface area contributed by atoms with E-state index in [4.69, 9.17) is 5.73 Å². The third-order valence-electron chi connectivity index (χ3n) is 3.86. The second kappa shape index (κ2) is 8.33. The molecule has 0 heterocycles. The van der Waals surface area contributed by atoms with Crippen molar-refractivity contribution in [3.8, 4) is 0 Å². The van der Waals surface area contributed by atoms with Gasteiger partial charge in [0.15, 0.2) is 0 Å². The number of hydrogen-bond donors (Lipinski definition) is 3. The number of nitrogens with two attached hydrogens (primary N) is 1. The van der Waals surface area contributed by atoms with E-state index in [0.29, 0.717) is 29.8 Å². The molecule has 2 rings (SSSR count). The molecule has 4 N–H and O–H groups in total. The minimum atomic E-state index is -0.138. The second-order valence-corrected chi connectivity index (χ2v) is 6.40. The normalized spacial score (nSPS) is 10.6. The average Bonchev–Trinajstić information content (AvgIpc) is 2.55. The maximum absolute atomic E-state index is 12.2. The number of anilines is 2. The first-order valence-electron chi connectivity index (χ1n) is 8.41. The van der Waals surface area contributed by atoms with Crippen molar-refractivity contribution in [3.63, 3.8) is 0 Å². The molecule has 0 aromatic heterocycles. The Morgan fingerprint density at radius 1 is 1.12 bits per heavy atom. The quantitative estimate of drug-likeness (QED) is 0.706. The summed E-state index contributed by atoms with van der Waals surface area (Å²) in [4.78, 5) is 24.4. The average molecular weight is 339 g/mol. The highest BCUT2D eigenvalue weighted by molar-refractivity contribution is 5.98. The first kappa shape index (κ1) is 18.5. The van der Waals surface area contributed by atoms with Gasteiger partial charge in [0.25, 0.3) is 5.91 Å². The molecule has 2 amide bonds. The Kier molecular flexibility index (Phi) is 6.17. The molecule has 0 aliphatic rings. The van der Waals surface area contributed by atoms with E-state index in [0.717, 1.165) is 11.1 Å². The van der Waals surface area contributed by atoms with Gasteiger partial charge in [-0.3, -0.25) is 9.59 Å². The highest BCUT2D eigenvalue weighted by Gasteiger charge is 2.12. The standard InChI is InChI=1S/C20H25N3O2/c1-13(2)22-20(25)17-12-16(10-8-14(17)3)23-19(24)11-9-15-6-4-5-7-18(15)21/h4-8,10,12-13H,9,11,21H2,1-3H3,(H,22,25)(H,23,24). The minimum Gasteiger partial charge on any atom is -0.399 e. The maximum Gasteiger partial charge on any atom is 0.251 e. The highest BCUT2D eigenvalue weighted by atomic mass is 16.2. The number of rotatable bonds is 6. The predicted molar refractivity (Wildman–Crippen MR) is 102 cm³/mol. The Labute approximate surface area is 148 Å². The van der Waals surface area contributed by atoms with Gasteiger partial charge in [0.05, 0.1) is 0 Å². The SMILES string of the molecule is Cc1ccc(NC(=O)CCc2ccccc2N)cc1C(=O)NC(C)C. The highest BCUT2D eigenvalue weighted by Crippen LogP contribution is 2.17. The summed E-state index contributed by atoms with van der Waals surface area (Å²) in [6.07, 6.45) is 0.903. The number of amides is 2. The molecule has 0 saturated heterocycles. The van der Waals surface area contributed by atoms with E-state index < -0.39 is 0 Å². The van der Waals surface area contributed by atoms with Crippen LogP contribution in [0.4, 0.5) is 11.4 Å². The number of benzene rings is 2. The van der Waals surface area contributed by atoms with Crippen molar-refractivity contribution in [1.29, 1.82) is 0 Å². The maximum atomic E-state index is 12.2. The molecule has 0 aliphatic heterocycles. The fourth-order valence-electron chi connectivity index (χ4n) is 2.52. The van der Waals surface area contributed by atoms with Gasteiger partial charge in [-0.05, 0) is 56.5 Å². The summed E-state index contributed by atoms with van der Waals surface area (Å²) in [5.41, 5.74) is 9.60.